The molecule has 0 aromatic carbocycles. The van der Waals surface area contributed by atoms with Gasteiger partial charge in [-0.25, -0.2) is 0 Å². The van der Waals surface area contributed by atoms with Crippen molar-refractivity contribution >= 4 is 5.69 Å². The summed E-state index contributed by atoms with van der Waals surface area (Å²) in [6.45, 7) is 20.5. The van der Waals surface area contributed by atoms with Crippen molar-refractivity contribution in [2.45, 2.75) is 59.3 Å². The Labute approximate surface area is 195 Å². The minimum Gasteiger partial charge on any atom is -0.377 e. The molecule has 0 bridgehead atoms. The molecule has 0 amide bonds. The van der Waals surface area contributed by atoms with Gasteiger partial charge < -0.3 is 24.2 Å². The van der Waals surface area contributed by atoms with Gasteiger partial charge in [-0.1, -0.05) is 19.6 Å². The Morgan fingerprint density at radius 3 is 2.50 bits per heavy atom. The van der Waals surface area contributed by atoms with Gasteiger partial charge in [0.2, 0.25) is 0 Å². The number of rotatable bonds is 12. The number of ether oxygens (including phenoxy) is 2. The lowest BCUT2D eigenvalue weighted by Crippen LogP contribution is -2.44. The molecule has 1 aromatic heterocycles. The van der Waals surface area contributed by atoms with Crippen LogP contribution in [-0.2, 0) is 9.47 Å². The molecule has 2 rings (SSSR count). The van der Waals surface area contributed by atoms with Crippen LogP contribution in [0, 0.1) is 0 Å². The molecule has 0 spiro atoms. The van der Waals surface area contributed by atoms with Gasteiger partial charge in [0.05, 0.1) is 42.4 Å². The van der Waals surface area contributed by atoms with Crippen LogP contribution in [0.4, 0.5) is 5.69 Å². The third kappa shape index (κ3) is 7.32. The molecule has 1 fully saturated rings. The maximum absolute atomic E-state index is 5.88. The van der Waals surface area contributed by atoms with Gasteiger partial charge in [0, 0.05) is 51.1 Å². The molecule has 1 aliphatic heterocycles. The van der Waals surface area contributed by atoms with Crippen LogP contribution in [0.15, 0.2) is 36.7 Å². The van der Waals surface area contributed by atoms with Crippen LogP contribution in [0.3, 0.4) is 0 Å². The fourth-order valence-corrected chi connectivity index (χ4v) is 3.99. The number of piperazine rings is 1. The fraction of sp³-hybridized carbons (Fsp3) is 0.654. The second-order valence-corrected chi connectivity index (χ2v) is 8.93. The van der Waals surface area contributed by atoms with Crippen LogP contribution in [0.25, 0.3) is 0 Å². The average Bonchev–Trinajstić information content (AvgIpc) is 2.79. The number of aromatic nitrogens is 1. The molecule has 0 N–H and O–H groups in total. The number of nitrogens with zero attached hydrogens (tertiary/aromatic N) is 4. The first-order valence-electron chi connectivity index (χ1n) is 12.0. The van der Waals surface area contributed by atoms with Gasteiger partial charge in [0.1, 0.15) is 0 Å². The number of anilines is 1. The highest BCUT2D eigenvalue weighted by molar-refractivity contribution is 5.49. The van der Waals surface area contributed by atoms with E-state index in [2.05, 4.69) is 81.2 Å². The van der Waals surface area contributed by atoms with E-state index in [-0.39, 0.29) is 18.2 Å². The van der Waals surface area contributed by atoms with Crippen molar-refractivity contribution in [2.24, 2.45) is 0 Å². The van der Waals surface area contributed by atoms with Crippen LogP contribution in [-0.4, -0.2) is 74.4 Å². The average molecular weight is 445 g/mol. The summed E-state index contributed by atoms with van der Waals surface area (Å²) in [6, 6.07) is 2.40. The van der Waals surface area contributed by atoms with E-state index in [1.165, 1.54) is 11.3 Å². The zero-order valence-corrected chi connectivity index (χ0v) is 21.3. The van der Waals surface area contributed by atoms with Gasteiger partial charge in [-0.05, 0) is 53.3 Å². The van der Waals surface area contributed by atoms with Crippen LogP contribution in [0.2, 0.25) is 0 Å². The molecule has 2 heterocycles. The highest BCUT2D eigenvalue weighted by atomic mass is 16.5. The normalized spacial score (nSPS) is 17.2. The molecule has 0 saturated carbocycles. The first kappa shape index (κ1) is 26.4. The van der Waals surface area contributed by atoms with E-state index in [9.17, 15) is 0 Å². The predicted molar refractivity (Wildman–Crippen MR) is 134 cm³/mol. The monoisotopic (exact) mass is 444 g/mol. The molecule has 1 unspecified atom stereocenters. The topological polar surface area (TPSA) is 41.1 Å². The standard InChI is InChI=1S/C26H44N4O2/c1-9-10-11-21(4)30(16-17-32-20(2)3)22(5)25-18-24(19-27-26(25)23(6)31-8)29-14-12-28(7)13-15-29/h10-11,18-20,22-23H,4,9,12-17H2,1-3,5-8H3/b11-10-/t22?,23-/m0/s1. The number of hydrogen-bond acceptors (Lipinski definition) is 6. The first-order valence-corrected chi connectivity index (χ1v) is 12.0. The Morgan fingerprint density at radius 2 is 1.91 bits per heavy atom. The third-order valence-corrected chi connectivity index (χ3v) is 6.16. The second-order valence-electron chi connectivity index (χ2n) is 8.93. The van der Waals surface area contributed by atoms with Crippen molar-refractivity contribution in [2.75, 3.05) is 58.4 Å². The Bertz CT molecular complexity index is 741. The lowest BCUT2D eigenvalue weighted by atomic mass is 10.00. The first-order chi connectivity index (χ1) is 15.3. The van der Waals surface area contributed by atoms with Gasteiger partial charge in [-0.3, -0.25) is 4.98 Å². The summed E-state index contributed by atoms with van der Waals surface area (Å²) in [5, 5.41) is 0. The molecule has 1 aliphatic rings. The van der Waals surface area contributed by atoms with Gasteiger partial charge in [0.15, 0.2) is 0 Å². The second kappa shape index (κ2) is 13.0. The van der Waals surface area contributed by atoms with Gasteiger partial charge in [-0.15, -0.1) is 0 Å². The van der Waals surface area contributed by atoms with E-state index in [1.807, 2.05) is 6.20 Å². The van der Waals surface area contributed by atoms with Crippen LogP contribution in [0.5, 0.6) is 0 Å². The van der Waals surface area contributed by atoms with Gasteiger partial charge >= 0.3 is 0 Å². The van der Waals surface area contributed by atoms with E-state index >= 15 is 0 Å². The summed E-state index contributed by atoms with van der Waals surface area (Å²) < 4.78 is 11.6. The molecule has 0 radical (unpaired) electrons. The zero-order valence-electron chi connectivity index (χ0n) is 21.3. The maximum atomic E-state index is 5.88. The molecular formula is C26H44N4O2. The Morgan fingerprint density at radius 1 is 1.22 bits per heavy atom. The number of pyridine rings is 1. The van der Waals surface area contributed by atoms with Crippen molar-refractivity contribution in [3.8, 4) is 0 Å². The lowest BCUT2D eigenvalue weighted by molar-refractivity contribution is 0.0592. The Hall–Kier alpha value is -1.89. The number of hydrogen-bond donors (Lipinski definition) is 0. The van der Waals surface area contributed by atoms with Crippen molar-refractivity contribution < 1.29 is 9.47 Å². The molecular weight excluding hydrogens is 400 g/mol. The van der Waals surface area contributed by atoms with E-state index in [1.54, 1.807) is 7.11 Å². The molecule has 2 atom stereocenters. The number of methoxy groups -OCH3 is 1. The Balaban J connectivity index is 2.38. The highest BCUT2D eigenvalue weighted by Crippen LogP contribution is 2.33. The highest BCUT2D eigenvalue weighted by Gasteiger charge is 2.25. The molecule has 6 heteroatoms. The summed E-state index contributed by atoms with van der Waals surface area (Å²) in [4.78, 5) is 12.0. The molecule has 6 nitrogen and oxygen atoms in total. The largest absolute Gasteiger partial charge is 0.377 e. The predicted octanol–water partition coefficient (Wildman–Crippen LogP) is 4.81. The molecule has 180 valence electrons. The van der Waals surface area contributed by atoms with E-state index in [0.29, 0.717) is 6.61 Å². The summed E-state index contributed by atoms with van der Waals surface area (Å²) in [5.74, 6) is 0. The minimum absolute atomic E-state index is 0.0813. The van der Waals surface area contributed by atoms with E-state index < -0.39 is 0 Å². The van der Waals surface area contributed by atoms with Crippen molar-refractivity contribution in [1.82, 2.24) is 14.8 Å². The van der Waals surface area contributed by atoms with Crippen LogP contribution in [0.1, 0.15) is 64.4 Å². The van der Waals surface area contributed by atoms with Crippen LogP contribution < -0.4 is 4.90 Å². The summed E-state index contributed by atoms with van der Waals surface area (Å²) in [5.41, 5.74) is 4.35. The Kier molecular flexibility index (Phi) is 10.7. The smallest absolute Gasteiger partial charge is 0.0966 e. The summed E-state index contributed by atoms with van der Waals surface area (Å²) in [7, 11) is 3.92. The quantitative estimate of drug-likeness (QED) is 0.431. The lowest BCUT2D eigenvalue weighted by Gasteiger charge is -2.36. The molecule has 1 aromatic rings. The van der Waals surface area contributed by atoms with E-state index in [0.717, 1.165) is 50.5 Å². The van der Waals surface area contributed by atoms with Crippen molar-refractivity contribution in [3.63, 3.8) is 0 Å². The molecule has 32 heavy (non-hydrogen) atoms. The number of likely N-dealkylation sites (N-methyl/N-ethyl adjacent to an activating group) is 1. The van der Waals surface area contributed by atoms with E-state index in [4.69, 9.17) is 14.5 Å². The fourth-order valence-electron chi connectivity index (χ4n) is 3.99. The van der Waals surface area contributed by atoms with Crippen LogP contribution >= 0.6 is 0 Å². The SMILES string of the molecule is C=C(/C=C\CC)N(CCOC(C)C)C(C)c1cc(N2CCN(C)CC2)cnc1[C@H](C)OC. The van der Waals surface area contributed by atoms with Crippen molar-refractivity contribution in [1.29, 1.82) is 0 Å². The molecule has 0 aliphatic carbocycles. The number of allylic oxidation sites excluding steroid dienone is 2. The van der Waals surface area contributed by atoms with Crippen molar-refractivity contribution in [3.05, 3.63) is 47.9 Å². The van der Waals surface area contributed by atoms with Gasteiger partial charge in [-0.2, -0.15) is 0 Å². The summed E-state index contributed by atoms with van der Waals surface area (Å²) >= 11 is 0. The minimum atomic E-state index is -0.0813. The maximum Gasteiger partial charge on any atom is 0.0966 e. The zero-order chi connectivity index (χ0) is 23.7. The third-order valence-electron chi connectivity index (χ3n) is 6.16. The van der Waals surface area contributed by atoms with Gasteiger partial charge in [0.25, 0.3) is 0 Å². The molecule has 1 saturated heterocycles. The summed E-state index contributed by atoms with van der Waals surface area (Å²) in [6.07, 6.45) is 7.38.